The van der Waals surface area contributed by atoms with Crippen LogP contribution in [0.4, 0.5) is 0 Å². The summed E-state index contributed by atoms with van der Waals surface area (Å²) in [5, 5.41) is 12.4. The molecular weight excluding hydrogens is 444 g/mol. The SMILES string of the molecule is Cc1ccc(Oc2nc3c(C)cccn3c(=O)c2C=C(C#N)C(=O)NCCCOC(C)C)c(C)c1. The largest absolute Gasteiger partial charge is 0.438 e. The monoisotopic (exact) mass is 474 g/mol. The molecule has 182 valence electrons. The van der Waals surface area contributed by atoms with E-state index in [2.05, 4.69) is 10.3 Å². The molecule has 2 aromatic heterocycles. The van der Waals surface area contributed by atoms with E-state index in [0.29, 0.717) is 31.0 Å². The molecule has 35 heavy (non-hydrogen) atoms. The molecule has 0 radical (unpaired) electrons. The van der Waals surface area contributed by atoms with Gasteiger partial charge in [0.1, 0.15) is 28.6 Å². The van der Waals surface area contributed by atoms with E-state index < -0.39 is 11.5 Å². The summed E-state index contributed by atoms with van der Waals surface area (Å²) >= 11 is 0. The number of ether oxygens (including phenoxy) is 2. The van der Waals surface area contributed by atoms with Crippen molar-refractivity contribution in [1.82, 2.24) is 14.7 Å². The number of fused-ring (bicyclic) bond motifs is 1. The number of nitrogens with one attached hydrogen (secondary N) is 1. The molecular formula is C27H30N4O4. The Bertz CT molecular complexity index is 1370. The highest BCUT2D eigenvalue weighted by molar-refractivity contribution is 6.01. The normalized spacial score (nSPS) is 11.5. The van der Waals surface area contributed by atoms with Gasteiger partial charge in [-0.15, -0.1) is 0 Å². The van der Waals surface area contributed by atoms with Gasteiger partial charge in [-0.1, -0.05) is 23.8 Å². The molecule has 0 aliphatic carbocycles. The summed E-state index contributed by atoms with van der Waals surface area (Å²) in [5.74, 6) is -0.0198. The quantitative estimate of drug-likeness (QED) is 0.282. The van der Waals surface area contributed by atoms with Crippen molar-refractivity contribution in [2.75, 3.05) is 13.2 Å². The summed E-state index contributed by atoms with van der Waals surface area (Å²) < 4.78 is 12.9. The van der Waals surface area contributed by atoms with Crippen LogP contribution >= 0.6 is 0 Å². The highest BCUT2D eigenvalue weighted by Gasteiger charge is 2.18. The minimum atomic E-state index is -0.580. The first-order chi connectivity index (χ1) is 16.7. The Balaban J connectivity index is 2.01. The van der Waals surface area contributed by atoms with Crippen molar-refractivity contribution >= 4 is 17.6 Å². The molecule has 0 saturated heterocycles. The lowest BCUT2D eigenvalue weighted by atomic mass is 10.1. The van der Waals surface area contributed by atoms with Gasteiger partial charge in [0, 0.05) is 19.3 Å². The van der Waals surface area contributed by atoms with Gasteiger partial charge in [-0.2, -0.15) is 10.2 Å². The summed E-state index contributed by atoms with van der Waals surface area (Å²) in [4.78, 5) is 30.6. The minimum Gasteiger partial charge on any atom is -0.438 e. The van der Waals surface area contributed by atoms with E-state index in [-0.39, 0.29) is 23.1 Å². The Labute approximate surface area is 204 Å². The van der Waals surface area contributed by atoms with Gasteiger partial charge in [-0.05, 0) is 70.4 Å². The molecule has 1 amide bonds. The van der Waals surface area contributed by atoms with Crippen LogP contribution in [0, 0.1) is 32.1 Å². The third-order valence-corrected chi connectivity index (χ3v) is 5.30. The maximum Gasteiger partial charge on any atom is 0.269 e. The van der Waals surface area contributed by atoms with Crippen molar-refractivity contribution in [2.24, 2.45) is 0 Å². The van der Waals surface area contributed by atoms with Crippen LogP contribution in [0.3, 0.4) is 0 Å². The molecule has 0 spiro atoms. The van der Waals surface area contributed by atoms with Crippen molar-refractivity contribution in [1.29, 1.82) is 5.26 Å². The average Bonchev–Trinajstić information content (AvgIpc) is 2.81. The second kappa shape index (κ2) is 11.4. The van der Waals surface area contributed by atoms with Gasteiger partial charge < -0.3 is 14.8 Å². The Kier molecular flexibility index (Phi) is 8.39. The van der Waals surface area contributed by atoms with Gasteiger partial charge in [0.15, 0.2) is 0 Å². The van der Waals surface area contributed by atoms with Crippen LogP contribution in [0.15, 0.2) is 46.9 Å². The third kappa shape index (κ3) is 6.34. The highest BCUT2D eigenvalue weighted by atomic mass is 16.5. The van der Waals surface area contributed by atoms with Crippen LogP contribution in [0.2, 0.25) is 0 Å². The molecule has 0 aliphatic rings. The lowest BCUT2D eigenvalue weighted by Crippen LogP contribution is -2.27. The molecule has 0 saturated carbocycles. The van der Waals surface area contributed by atoms with Crippen LogP contribution in [0.25, 0.3) is 11.7 Å². The first-order valence-corrected chi connectivity index (χ1v) is 11.5. The van der Waals surface area contributed by atoms with Gasteiger partial charge in [0.25, 0.3) is 11.5 Å². The number of nitriles is 1. The molecule has 1 N–H and O–H groups in total. The molecule has 8 heteroatoms. The number of rotatable bonds is 9. The maximum absolute atomic E-state index is 13.4. The van der Waals surface area contributed by atoms with E-state index in [1.807, 2.05) is 58.9 Å². The number of hydrogen-bond acceptors (Lipinski definition) is 6. The lowest BCUT2D eigenvalue weighted by molar-refractivity contribution is -0.117. The maximum atomic E-state index is 13.4. The van der Waals surface area contributed by atoms with E-state index in [1.54, 1.807) is 18.3 Å². The molecule has 3 rings (SSSR count). The third-order valence-electron chi connectivity index (χ3n) is 5.30. The van der Waals surface area contributed by atoms with Gasteiger partial charge in [-0.3, -0.25) is 14.0 Å². The van der Waals surface area contributed by atoms with E-state index in [0.717, 1.165) is 16.7 Å². The standard InChI is InChI=1S/C27H30N4O4/c1-17(2)34-13-7-11-29-25(32)21(16-28)15-22-26(35-23-10-9-18(3)14-20(23)5)30-24-19(4)8-6-12-31(24)27(22)33/h6,8-10,12,14-15,17H,7,11,13H2,1-5H3,(H,29,32). The van der Waals surface area contributed by atoms with E-state index in [9.17, 15) is 14.9 Å². The number of amides is 1. The minimum absolute atomic E-state index is 0.0166. The molecule has 8 nitrogen and oxygen atoms in total. The van der Waals surface area contributed by atoms with Crippen molar-refractivity contribution in [3.63, 3.8) is 0 Å². The molecule has 0 aliphatic heterocycles. The fourth-order valence-electron chi connectivity index (χ4n) is 3.49. The zero-order valence-corrected chi connectivity index (χ0v) is 20.7. The smallest absolute Gasteiger partial charge is 0.269 e. The summed E-state index contributed by atoms with van der Waals surface area (Å²) in [7, 11) is 0. The Hall–Kier alpha value is -3.96. The molecule has 0 fully saturated rings. The first-order valence-electron chi connectivity index (χ1n) is 11.5. The van der Waals surface area contributed by atoms with Crippen LogP contribution in [0.5, 0.6) is 11.6 Å². The molecule has 0 atom stereocenters. The molecule has 2 heterocycles. The number of pyridine rings is 1. The molecule has 0 unspecified atom stereocenters. The topological polar surface area (TPSA) is 106 Å². The van der Waals surface area contributed by atoms with E-state index in [4.69, 9.17) is 9.47 Å². The number of nitrogens with zero attached hydrogens (tertiary/aromatic N) is 3. The summed E-state index contributed by atoms with van der Waals surface area (Å²) in [6.07, 6.45) is 3.54. The van der Waals surface area contributed by atoms with Crippen molar-refractivity contribution < 1.29 is 14.3 Å². The lowest BCUT2D eigenvalue weighted by Gasteiger charge is -2.13. The number of carbonyl (C=O) groups excluding carboxylic acids is 1. The van der Waals surface area contributed by atoms with E-state index in [1.165, 1.54) is 10.5 Å². The predicted molar refractivity (Wildman–Crippen MR) is 134 cm³/mol. The highest BCUT2D eigenvalue weighted by Crippen LogP contribution is 2.28. The summed E-state index contributed by atoms with van der Waals surface area (Å²) in [6, 6.07) is 11.1. The summed E-state index contributed by atoms with van der Waals surface area (Å²) in [5.41, 5.74) is 2.52. The van der Waals surface area contributed by atoms with Gasteiger partial charge >= 0.3 is 0 Å². The van der Waals surface area contributed by atoms with Gasteiger partial charge in [0.05, 0.1) is 6.10 Å². The Morgan fingerprint density at radius 1 is 1.23 bits per heavy atom. The van der Waals surface area contributed by atoms with Crippen molar-refractivity contribution in [3.8, 4) is 17.7 Å². The molecule has 3 aromatic rings. The van der Waals surface area contributed by atoms with Crippen LogP contribution in [-0.2, 0) is 9.53 Å². The van der Waals surface area contributed by atoms with Crippen molar-refractivity contribution in [3.05, 3.63) is 74.7 Å². The Morgan fingerprint density at radius 3 is 2.69 bits per heavy atom. The fourth-order valence-corrected chi connectivity index (χ4v) is 3.49. The van der Waals surface area contributed by atoms with Crippen LogP contribution in [-0.4, -0.2) is 34.5 Å². The summed E-state index contributed by atoms with van der Waals surface area (Å²) in [6.45, 7) is 10.4. The first kappa shape index (κ1) is 25.7. The van der Waals surface area contributed by atoms with Crippen LogP contribution < -0.4 is 15.6 Å². The van der Waals surface area contributed by atoms with Gasteiger partial charge in [0.2, 0.25) is 5.88 Å². The second-order valence-corrected chi connectivity index (χ2v) is 8.59. The number of benzene rings is 1. The number of carbonyl (C=O) groups is 1. The fraction of sp³-hybridized carbons (Fsp3) is 0.333. The van der Waals surface area contributed by atoms with Crippen molar-refractivity contribution in [2.45, 2.75) is 47.1 Å². The zero-order valence-electron chi connectivity index (χ0n) is 20.7. The zero-order chi connectivity index (χ0) is 25.5. The average molecular weight is 475 g/mol. The molecule has 1 aromatic carbocycles. The second-order valence-electron chi connectivity index (χ2n) is 8.59. The predicted octanol–water partition coefficient (Wildman–Crippen LogP) is 4.25. The van der Waals surface area contributed by atoms with E-state index >= 15 is 0 Å². The van der Waals surface area contributed by atoms with Crippen LogP contribution in [0.1, 0.15) is 42.5 Å². The van der Waals surface area contributed by atoms with Gasteiger partial charge in [-0.25, -0.2) is 0 Å². The molecule has 0 bridgehead atoms. The number of hydrogen-bond donors (Lipinski definition) is 1. The number of aromatic nitrogens is 2. The Morgan fingerprint density at radius 2 is 2.00 bits per heavy atom. The number of aryl methyl sites for hydroxylation is 3.